The van der Waals surface area contributed by atoms with Gasteiger partial charge in [-0.25, -0.2) is 8.42 Å². The van der Waals surface area contributed by atoms with Crippen molar-refractivity contribution in [1.29, 1.82) is 5.26 Å². The molecule has 0 heterocycles. The molecule has 2 saturated carbocycles. The average Bonchev–Trinajstić information content (AvgIpc) is 3.29. The van der Waals surface area contributed by atoms with E-state index >= 15 is 0 Å². The summed E-state index contributed by atoms with van der Waals surface area (Å²) in [6, 6.07) is 4.95. The van der Waals surface area contributed by atoms with Crippen molar-refractivity contribution in [3.05, 3.63) is 28.2 Å². The van der Waals surface area contributed by atoms with Crippen LogP contribution in [0.3, 0.4) is 0 Å². The predicted octanol–water partition coefficient (Wildman–Crippen LogP) is 3.99. The molecule has 2 aliphatic rings. The number of benzene rings is 1. The van der Waals surface area contributed by atoms with E-state index in [0.29, 0.717) is 12.8 Å². The first-order chi connectivity index (χ1) is 14.3. The summed E-state index contributed by atoms with van der Waals surface area (Å²) in [6.07, 6.45) is -5.22. The maximum absolute atomic E-state index is 13.5. The molecule has 1 N–H and O–H groups in total. The third-order valence-electron chi connectivity index (χ3n) is 5.56. The predicted molar refractivity (Wildman–Crippen MR) is 109 cm³/mol. The molecular formula is C20H22BrF3N2O4S. The van der Waals surface area contributed by atoms with Crippen LogP contribution in [0.1, 0.15) is 45.1 Å². The number of nitriles is 1. The number of sulfone groups is 1. The zero-order valence-electron chi connectivity index (χ0n) is 16.9. The van der Waals surface area contributed by atoms with Crippen molar-refractivity contribution in [1.82, 2.24) is 5.32 Å². The maximum atomic E-state index is 13.5. The molecule has 6 nitrogen and oxygen atoms in total. The highest BCUT2D eigenvalue weighted by molar-refractivity contribution is 9.10. The molecule has 2 fully saturated rings. The Balaban J connectivity index is 1.92. The van der Waals surface area contributed by atoms with Gasteiger partial charge in [-0.1, -0.05) is 15.9 Å². The Labute approximate surface area is 187 Å². The molecule has 0 aliphatic heterocycles. The third kappa shape index (κ3) is 5.07. The Hall–Kier alpha value is -1.64. The molecule has 1 amide bonds. The molecule has 1 aromatic carbocycles. The molecule has 3 atom stereocenters. The van der Waals surface area contributed by atoms with Crippen molar-refractivity contribution in [3.8, 4) is 6.07 Å². The fraction of sp³-hybridized carbons (Fsp3) is 0.600. The van der Waals surface area contributed by atoms with E-state index in [1.165, 1.54) is 6.07 Å². The summed E-state index contributed by atoms with van der Waals surface area (Å²) < 4.78 is 72.9. The van der Waals surface area contributed by atoms with Gasteiger partial charge in [0.15, 0.2) is 9.84 Å². The highest BCUT2D eigenvalue weighted by Gasteiger charge is 2.51. The van der Waals surface area contributed by atoms with E-state index in [9.17, 15) is 31.6 Å². The van der Waals surface area contributed by atoms with Gasteiger partial charge in [-0.2, -0.15) is 18.4 Å². The van der Waals surface area contributed by atoms with Crippen molar-refractivity contribution in [2.75, 3.05) is 0 Å². The van der Waals surface area contributed by atoms with Crippen molar-refractivity contribution < 1.29 is 31.1 Å². The quantitative estimate of drug-likeness (QED) is 0.609. The van der Waals surface area contributed by atoms with Crippen LogP contribution in [0.2, 0.25) is 0 Å². The lowest BCUT2D eigenvalue weighted by Gasteiger charge is -2.22. The minimum absolute atomic E-state index is 0.106. The standard InChI is InChI=1S/C20H22BrF3N2O4S/c1-11(2)30-16-9-13(8-14(16)18(27)26-19(10-25)5-6-19)31(28,29)17-4-3-12(21)7-15(17)20(22,23)24/h3-4,7,11,13-14,16H,5-6,8-9H2,1-2H3,(H,26,27)/t13-,14-,16-/m0/s1. The molecule has 170 valence electrons. The summed E-state index contributed by atoms with van der Waals surface area (Å²) in [5, 5.41) is 10.7. The van der Waals surface area contributed by atoms with Crippen LogP contribution < -0.4 is 5.32 Å². The number of hydrogen-bond donors (Lipinski definition) is 1. The molecule has 3 rings (SSSR count). The maximum Gasteiger partial charge on any atom is 0.417 e. The Morgan fingerprint density at radius 1 is 1.32 bits per heavy atom. The summed E-state index contributed by atoms with van der Waals surface area (Å²) in [5.41, 5.74) is -2.19. The van der Waals surface area contributed by atoms with Crippen LogP contribution in [0.4, 0.5) is 13.2 Å². The van der Waals surface area contributed by atoms with Crippen LogP contribution in [0.5, 0.6) is 0 Å². The Bertz CT molecular complexity index is 1020. The van der Waals surface area contributed by atoms with Gasteiger partial charge in [0, 0.05) is 4.47 Å². The van der Waals surface area contributed by atoms with Crippen LogP contribution in [0.25, 0.3) is 0 Å². The molecular weight excluding hydrogens is 501 g/mol. The summed E-state index contributed by atoms with van der Waals surface area (Å²) in [6.45, 7) is 3.45. The monoisotopic (exact) mass is 522 g/mol. The number of amides is 1. The molecule has 0 unspecified atom stereocenters. The zero-order chi connectivity index (χ0) is 23.2. The number of nitrogens with one attached hydrogen (secondary N) is 1. The number of ether oxygens (including phenoxy) is 1. The molecule has 0 aromatic heterocycles. The average molecular weight is 523 g/mol. The summed E-state index contributed by atoms with van der Waals surface area (Å²) >= 11 is 2.95. The zero-order valence-corrected chi connectivity index (χ0v) is 19.3. The van der Waals surface area contributed by atoms with Crippen molar-refractivity contribution >= 4 is 31.7 Å². The van der Waals surface area contributed by atoms with Crippen LogP contribution >= 0.6 is 15.9 Å². The highest BCUT2D eigenvalue weighted by Crippen LogP contribution is 2.42. The van der Waals surface area contributed by atoms with Crippen LogP contribution in [0.15, 0.2) is 27.6 Å². The van der Waals surface area contributed by atoms with E-state index in [0.717, 1.165) is 12.1 Å². The van der Waals surface area contributed by atoms with Gasteiger partial charge in [-0.15, -0.1) is 0 Å². The number of hydrogen-bond acceptors (Lipinski definition) is 5. The van der Waals surface area contributed by atoms with Gasteiger partial charge in [0.1, 0.15) is 5.54 Å². The van der Waals surface area contributed by atoms with E-state index in [1.807, 2.05) is 6.07 Å². The smallest absolute Gasteiger partial charge is 0.375 e. The molecule has 31 heavy (non-hydrogen) atoms. The van der Waals surface area contributed by atoms with E-state index in [2.05, 4.69) is 21.2 Å². The topological polar surface area (TPSA) is 96.3 Å². The summed E-state index contributed by atoms with van der Waals surface area (Å²) in [7, 11) is -4.40. The van der Waals surface area contributed by atoms with Gasteiger partial charge < -0.3 is 10.1 Å². The second kappa shape index (κ2) is 8.37. The van der Waals surface area contributed by atoms with E-state index in [-0.39, 0.29) is 23.4 Å². The normalized spacial score (nSPS) is 25.3. The van der Waals surface area contributed by atoms with E-state index < -0.39 is 55.2 Å². The fourth-order valence-electron chi connectivity index (χ4n) is 3.85. The van der Waals surface area contributed by atoms with Crippen molar-refractivity contribution in [2.24, 2.45) is 5.92 Å². The van der Waals surface area contributed by atoms with Crippen LogP contribution in [-0.4, -0.2) is 37.3 Å². The molecule has 0 bridgehead atoms. The Kier molecular flexibility index (Phi) is 6.48. The number of carbonyl (C=O) groups is 1. The molecule has 0 spiro atoms. The number of carbonyl (C=O) groups excluding carboxylic acids is 1. The largest absolute Gasteiger partial charge is 0.417 e. The van der Waals surface area contributed by atoms with Crippen LogP contribution in [-0.2, 0) is 25.5 Å². The minimum Gasteiger partial charge on any atom is -0.375 e. The van der Waals surface area contributed by atoms with Gasteiger partial charge in [0.25, 0.3) is 0 Å². The van der Waals surface area contributed by atoms with E-state index in [1.54, 1.807) is 13.8 Å². The lowest BCUT2D eigenvalue weighted by atomic mass is 10.0. The third-order valence-corrected chi connectivity index (χ3v) is 8.29. The molecule has 0 radical (unpaired) electrons. The molecule has 11 heteroatoms. The number of rotatable bonds is 6. The second-order valence-electron chi connectivity index (χ2n) is 8.29. The van der Waals surface area contributed by atoms with Crippen molar-refractivity contribution in [3.63, 3.8) is 0 Å². The Morgan fingerprint density at radius 2 is 1.97 bits per heavy atom. The lowest BCUT2D eigenvalue weighted by Crippen LogP contribution is -2.43. The molecule has 0 saturated heterocycles. The first kappa shape index (κ1) is 24.0. The highest BCUT2D eigenvalue weighted by atomic mass is 79.9. The first-order valence-electron chi connectivity index (χ1n) is 9.78. The number of alkyl halides is 3. The Morgan fingerprint density at radius 3 is 2.48 bits per heavy atom. The van der Waals surface area contributed by atoms with Gasteiger partial charge in [-0.05, 0) is 57.7 Å². The summed E-state index contributed by atoms with van der Waals surface area (Å²) in [5.74, 6) is -1.38. The van der Waals surface area contributed by atoms with E-state index in [4.69, 9.17) is 4.74 Å². The minimum atomic E-state index is -4.86. The first-order valence-corrected chi connectivity index (χ1v) is 12.1. The lowest BCUT2D eigenvalue weighted by molar-refractivity contribution is -0.140. The van der Waals surface area contributed by atoms with Gasteiger partial charge in [0.05, 0.1) is 39.9 Å². The van der Waals surface area contributed by atoms with Crippen LogP contribution in [0, 0.1) is 17.2 Å². The van der Waals surface area contributed by atoms with Gasteiger partial charge in [0.2, 0.25) is 5.91 Å². The fourth-order valence-corrected chi connectivity index (χ4v) is 6.22. The van der Waals surface area contributed by atoms with Gasteiger partial charge in [-0.3, -0.25) is 4.79 Å². The van der Waals surface area contributed by atoms with Gasteiger partial charge >= 0.3 is 6.18 Å². The SMILES string of the molecule is CC(C)O[C@H]1C[C@@H](S(=O)(=O)c2ccc(Br)cc2C(F)(F)F)C[C@@H]1C(=O)NC1(C#N)CC1. The number of nitrogens with zero attached hydrogens (tertiary/aromatic N) is 1. The second-order valence-corrected chi connectivity index (χ2v) is 11.4. The molecule has 1 aromatic rings. The molecule has 2 aliphatic carbocycles. The number of halogens is 4. The van der Waals surface area contributed by atoms with Crippen molar-refractivity contribution in [2.45, 2.75) is 73.6 Å². The summed E-state index contributed by atoms with van der Waals surface area (Å²) in [4.78, 5) is 12.0.